The van der Waals surface area contributed by atoms with Gasteiger partial charge in [0.25, 0.3) is 0 Å². The number of hydrogen-bond acceptors (Lipinski definition) is 4. The number of Topliss-reactive ketones (excluding diaryl/α,β-unsaturated/α-hetero) is 1. The Kier molecular flexibility index (Phi) is 2.73. The highest BCUT2D eigenvalue weighted by atomic mass is 16.5. The number of ether oxygens (including phenoxy) is 1. The van der Waals surface area contributed by atoms with Crippen LogP contribution in [0.15, 0.2) is 0 Å². The van der Waals surface area contributed by atoms with Crippen molar-refractivity contribution in [3.05, 3.63) is 0 Å². The number of carboxylic acid groups (broad SMARTS) is 1. The SMILES string of the molecule is COC(=O)C1C(C)C(=O)CN1C(=O)O. The summed E-state index contributed by atoms with van der Waals surface area (Å²) in [5, 5.41) is 8.73. The highest BCUT2D eigenvalue weighted by Gasteiger charge is 2.45. The lowest BCUT2D eigenvalue weighted by molar-refractivity contribution is -0.146. The summed E-state index contributed by atoms with van der Waals surface area (Å²) in [5.74, 6) is -1.58. The summed E-state index contributed by atoms with van der Waals surface area (Å²) >= 11 is 0. The van der Waals surface area contributed by atoms with Crippen LogP contribution in [0, 0.1) is 5.92 Å². The Labute approximate surface area is 80.4 Å². The molecule has 2 unspecified atom stereocenters. The van der Waals surface area contributed by atoms with E-state index < -0.39 is 24.0 Å². The average Bonchev–Trinajstić information content (AvgIpc) is 2.43. The fourth-order valence-electron chi connectivity index (χ4n) is 1.49. The van der Waals surface area contributed by atoms with Gasteiger partial charge < -0.3 is 9.84 Å². The number of carbonyl (C=O) groups is 3. The first kappa shape index (κ1) is 10.5. The summed E-state index contributed by atoms with van der Waals surface area (Å²) in [6, 6.07) is -0.995. The molecular formula is C8H11NO5. The summed E-state index contributed by atoms with van der Waals surface area (Å²) in [6.45, 7) is 1.28. The molecule has 0 aromatic carbocycles. The zero-order valence-electron chi connectivity index (χ0n) is 7.89. The van der Waals surface area contributed by atoms with Crippen molar-refractivity contribution < 1.29 is 24.2 Å². The molecule has 78 valence electrons. The highest BCUT2D eigenvalue weighted by Crippen LogP contribution is 2.21. The van der Waals surface area contributed by atoms with Crippen molar-refractivity contribution in [2.75, 3.05) is 13.7 Å². The van der Waals surface area contributed by atoms with Crippen LogP contribution in [0.5, 0.6) is 0 Å². The Morgan fingerprint density at radius 1 is 1.57 bits per heavy atom. The van der Waals surface area contributed by atoms with E-state index in [0.717, 1.165) is 12.0 Å². The van der Waals surface area contributed by atoms with Crippen LogP contribution in [0.25, 0.3) is 0 Å². The Morgan fingerprint density at radius 2 is 2.14 bits per heavy atom. The van der Waals surface area contributed by atoms with Gasteiger partial charge >= 0.3 is 12.1 Å². The predicted octanol–water partition coefficient (Wildman–Crippen LogP) is -0.273. The van der Waals surface area contributed by atoms with Crippen molar-refractivity contribution in [3.8, 4) is 0 Å². The van der Waals surface area contributed by atoms with Gasteiger partial charge in [-0.3, -0.25) is 9.69 Å². The molecule has 0 aromatic heterocycles. The van der Waals surface area contributed by atoms with E-state index in [1.165, 1.54) is 6.92 Å². The molecule has 0 saturated carbocycles. The number of nitrogens with zero attached hydrogens (tertiary/aromatic N) is 1. The van der Waals surface area contributed by atoms with Gasteiger partial charge in [0.05, 0.1) is 13.7 Å². The molecule has 1 N–H and O–H groups in total. The van der Waals surface area contributed by atoms with Gasteiger partial charge in [0, 0.05) is 5.92 Å². The molecule has 1 amide bonds. The van der Waals surface area contributed by atoms with Crippen molar-refractivity contribution in [1.29, 1.82) is 0 Å². The summed E-state index contributed by atoms with van der Waals surface area (Å²) < 4.78 is 4.44. The molecule has 2 atom stereocenters. The zero-order valence-corrected chi connectivity index (χ0v) is 7.89. The number of methoxy groups -OCH3 is 1. The van der Waals surface area contributed by atoms with Gasteiger partial charge in [0.15, 0.2) is 5.78 Å². The predicted molar refractivity (Wildman–Crippen MR) is 44.7 cm³/mol. The van der Waals surface area contributed by atoms with E-state index >= 15 is 0 Å². The summed E-state index contributed by atoms with van der Waals surface area (Å²) in [7, 11) is 1.16. The van der Waals surface area contributed by atoms with Crippen LogP contribution in [-0.4, -0.2) is 47.5 Å². The summed E-state index contributed by atoms with van der Waals surface area (Å²) in [5.41, 5.74) is 0. The minimum atomic E-state index is -1.28. The molecule has 14 heavy (non-hydrogen) atoms. The quantitative estimate of drug-likeness (QED) is 0.590. The second-order valence-corrected chi connectivity index (χ2v) is 3.13. The Hall–Kier alpha value is -1.59. The first-order valence-electron chi connectivity index (χ1n) is 4.09. The maximum Gasteiger partial charge on any atom is 0.408 e. The second-order valence-electron chi connectivity index (χ2n) is 3.13. The molecule has 0 aliphatic carbocycles. The minimum absolute atomic E-state index is 0.240. The average molecular weight is 201 g/mol. The zero-order chi connectivity index (χ0) is 10.9. The number of esters is 1. The first-order valence-corrected chi connectivity index (χ1v) is 4.09. The van der Waals surface area contributed by atoms with E-state index in [1.807, 2.05) is 0 Å². The molecule has 1 aliphatic heterocycles. The van der Waals surface area contributed by atoms with Gasteiger partial charge in [-0.2, -0.15) is 0 Å². The minimum Gasteiger partial charge on any atom is -0.467 e. The molecule has 6 nitrogen and oxygen atoms in total. The van der Waals surface area contributed by atoms with Gasteiger partial charge in [0.1, 0.15) is 6.04 Å². The molecule has 1 rings (SSSR count). The molecule has 6 heteroatoms. The van der Waals surface area contributed by atoms with E-state index in [1.54, 1.807) is 0 Å². The lowest BCUT2D eigenvalue weighted by atomic mass is 10.0. The van der Waals surface area contributed by atoms with Crippen LogP contribution in [-0.2, 0) is 14.3 Å². The highest BCUT2D eigenvalue weighted by molar-refractivity contribution is 5.97. The summed E-state index contributed by atoms with van der Waals surface area (Å²) in [6.07, 6.45) is -1.28. The van der Waals surface area contributed by atoms with Gasteiger partial charge in [0.2, 0.25) is 0 Å². The van der Waals surface area contributed by atoms with Crippen LogP contribution < -0.4 is 0 Å². The third-order valence-electron chi connectivity index (χ3n) is 2.33. The monoisotopic (exact) mass is 201 g/mol. The number of amides is 1. The van der Waals surface area contributed by atoms with Crippen molar-refractivity contribution in [2.45, 2.75) is 13.0 Å². The molecule has 1 aliphatic rings. The van der Waals surface area contributed by atoms with Crippen molar-refractivity contribution in [2.24, 2.45) is 5.92 Å². The third kappa shape index (κ3) is 1.55. The number of rotatable bonds is 1. The molecule has 1 heterocycles. The van der Waals surface area contributed by atoms with Crippen molar-refractivity contribution in [3.63, 3.8) is 0 Å². The van der Waals surface area contributed by atoms with Crippen LogP contribution in [0.2, 0.25) is 0 Å². The van der Waals surface area contributed by atoms with Gasteiger partial charge in [-0.25, -0.2) is 9.59 Å². The van der Waals surface area contributed by atoms with E-state index in [2.05, 4.69) is 4.74 Å². The standard InChI is InChI=1S/C8H11NO5/c1-4-5(10)3-9(8(12)13)6(4)7(11)14-2/h4,6H,3H2,1-2H3,(H,12,13). The fourth-order valence-corrected chi connectivity index (χ4v) is 1.49. The Morgan fingerprint density at radius 3 is 2.57 bits per heavy atom. The number of carbonyl (C=O) groups excluding carboxylic acids is 2. The van der Waals surface area contributed by atoms with E-state index in [-0.39, 0.29) is 12.3 Å². The van der Waals surface area contributed by atoms with E-state index in [4.69, 9.17) is 5.11 Å². The first-order chi connectivity index (χ1) is 6.49. The molecular weight excluding hydrogens is 190 g/mol. The van der Waals surface area contributed by atoms with Gasteiger partial charge in [-0.15, -0.1) is 0 Å². The Balaban J connectivity index is 2.92. The molecule has 0 spiro atoms. The van der Waals surface area contributed by atoms with Crippen LogP contribution >= 0.6 is 0 Å². The van der Waals surface area contributed by atoms with E-state index in [9.17, 15) is 14.4 Å². The summed E-state index contributed by atoms with van der Waals surface area (Å²) in [4.78, 5) is 33.9. The normalized spacial score (nSPS) is 26.4. The molecule has 1 saturated heterocycles. The molecule has 0 radical (unpaired) electrons. The maximum atomic E-state index is 11.2. The fraction of sp³-hybridized carbons (Fsp3) is 0.625. The molecule has 0 aromatic rings. The smallest absolute Gasteiger partial charge is 0.408 e. The lowest BCUT2D eigenvalue weighted by Crippen LogP contribution is -2.42. The molecule has 0 bridgehead atoms. The second kappa shape index (κ2) is 3.65. The van der Waals surface area contributed by atoms with Crippen molar-refractivity contribution in [1.82, 2.24) is 4.90 Å². The third-order valence-corrected chi connectivity index (χ3v) is 2.33. The van der Waals surface area contributed by atoms with Crippen LogP contribution in [0.3, 0.4) is 0 Å². The lowest BCUT2D eigenvalue weighted by Gasteiger charge is -2.20. The van der Waals surface area contributed by atoms with Crippen LogP contribution in [0.4, 0.5) is 4.79 Å². The van der Waals surface area contributed by atoms with Crippen molar-refractivity contribution >= 4 is 17.8 Å². The van der Waals surface area contributed by atoms with Gasteiger partial charge in [-0.1, -0.05) is 6.92 Å². The topological polar surface area (TPSA) is 83.9 Å². The molecule has 1 fully saturated rings. The number of hydrogen-bond donors (Lipinski definition) is 1. The van der Waals surface area contributed by atoms with Gasteiger partial charge in [-0.05, 0) is 0 Å². The Bertz CT molecular complexity index is 287. The largest absolute Gasteiger partial charge is 0.467 e. The maximum absolute atomic E-state index is 11.2. The van der Waals surface area contributed by atoms with Crippen LogP contribution in [0.1, 0.15) is 6.92 Å². The van der Waals surface area contributed by atoms with E-state index in [0.29, 0.717) is 0 Å². The number of ketones is 1. The number of likely N-dealkylation sites (tertiary alicyclic amines) is 1.